The molecular formula is C11H12F4N2O3S. The third-order valence-corrected chi connectivity index (χ3v) is 3.49. The van der Waals surface area contributed by atoms with E-state index in [4.69, 9.17) is 5.14 Å². The molecule has 0 radical (unpaired) electrons. The molecule has 0 saturated heterocycles. The molecule has 0 aliphatic heterocycles. The number of carbonyl (C=O) groups is 1. The fraction of sp³-hybridized carbons (Fsp3) is 0.364. The van der Waals surface area contributed by atoms with Crippen LogP contribution in [0.2, 0.25) is 0 Å². The van der Waals surface area contributed by atoms with Gasteiger partial charge >= 0.3 is 6.18 Å². The van der Waals surface area contributed by atoms with Gasteiger partial charge in [0.1, 0.15) is 10.7 Å². The molecule has 10 heteroatoms. The maximum atomic E-state index is 13.3. The number of primary sulfonamides is 1. The average Bonchev–Trinajstić information content (AvgIpc) is 2.33. The number of benzene rings is 1. The van der Waals surface area contributed by atoms with E-state index in [1.165, 1.54) is 0 Å². The molecule has 0 unspecified atom stereocenters. The summed E-state index contributed by atoms with van der Waals surface area (Å²) in [6.45, 7) is -0.607. The summed E-state index contributed by atoms with van der Waals surface area (Å²) >= 11 is 0. The van der Waals surface area contributed by atoms with Crippen molar-refractivity contribution in [3.8, 4) is 0 Å². The molecule has 0 aliphatic rings. The molecule has 1 aromatic rings. The maximum Gasteiger partial charge on any atom is 0.390 e. The van der Waals surface area contributed by atoms with Crippen LogP contribution in [0, 0.1) is 5.82 Å². The van der Waals surface area contributed by atoms with Crippen LogP contribution in [0.25, 0.3) is 0 Å². The quantitative estimate of drug-likeness (QED) is 0.851. The fourth-order valence-corrected chi connectivity index (χ4v) is 2.10. The van der Waals surface area contributed by atoms with E-state index in [1.54, 1.807) is 0 Å². The lowest BCUT2D eigenvalue weighted by Gasteiger charge is -2.18. The second-order valence-corrected chi connectivity index (χ2v) is 5.81. The highest BCUT2D eigenvalue weighted by molar-refractivity contribution is 7.89. The van der Waals surface area contributed by atoms with E-state index in [-0.39, 0.29) is 5.56 Å². The van der Waals surface area contributed by atoms with Crippen LogP contribution in [0.4, 0.5) is 17.6 Å². The van der Waals surface area contributed by atoms with Crippen molar-refractivity contribution in [2.24, 2.45) is 5.14 Å². The van der Waals surface area contributed by atoms with Crippen molar-refractivity contribution in [3.05, 3.63) is 29.6 Å². The maximum absolute atomic E-state index is 13.3. The highest BCUT2D eigenvalue weighted by Gasteiger charge is 2.28. The number of nitrogens with zero attached hydrogens (tertiary/aromatic N) is 1. The summed E-state index contributed by atoms with van der Waals surface area (Å²) in [5.74, 6) is -2.02. The summed E-state index contributed by atoms with van der Waals surface area (Å²) in [6.07, 6.45) is -5.64. The minimum absolute atomic E-state index is 0.273. The van der Waals surface area contributed by atoms with Gasteiger partial charge in [0.25, 0.3) is 5.91 Å². The van der Waals surface area contributed by atoms with Crippen LogP contribution in [0.5, 0.6) is 0 Å². The molecule has 0 bridgehead atoms. The van der Waals surface area contributed by atoms with Gasteiger partial charge in [0, 0.05) is 19.2 Å². The van der Waals surface area contributed by atoms with E-state index in [0.717, 1.165) is 18.0 Å². The normalized spacial score (nSPS) is 12.3. The monoisotopic (exact) mass is 328 g/mol. The molecule has 118 valence electrons. The van der Waals surface area contributed by atoms with E-state index < -0.39 is 45.8 Å². The average molecular weight is 328 g/mol. The molecule has 0 fully saturated rings. The minimum Gasteiger partial charge on any atom is -0.341 e. The summed E-state index contributed by atoms with van der Waals surface area (Å²) in [5.41, 5.74) is -0.273. The first-order valence-corrected chi connectivity index (χ1v) is 7.11. The van der Waals surface area contributed by atoms with Gasteiger partial charge in [-0.2, -0.15) is 13.2 Å². The van der Waals surface area contributed by atoms with Crippen molar-refractivity contribution in [1.82, 2.24) is 4.90 Å². The molecule has 0 atom stereocenters. The number of alkyl halides is 3. The van der Waals surface area contributed by atoms with Crippen molar-refractivity contribution in [1.29, 1.82) is 0 Å². The molecular weight excluding hydrogens is 316 g/mol. The lowest BCUT2D eigenvalue weighted by atomic mass is 10.2. The van der Waals surface area contributed by atoms with E-state index in [1.807, 2.05) is 0 Å². The van der Waals surface area contributed by atoms with Gasteiger partial charge in [0.15, 0.2) is 0 Å². The first-order valence-electron chi connectivity index (χ1n) is 5.56. The molecule has 21 heavy (non-hydrogen) atoms. The zero-order valence-electron chi connectivity index (χ0n) is 10.8. The Kier molecular flexibility index (Phi) is 4.95. The summed E-state index contributed by atoms with van der Waals surface area (Å²) in [4.78, 5) is 11.7. The summed E-state index contributed by atoms with van der Waals surface area (Å²) in [5, 5.41) is 4.78. The van der Waals surface area contributed by atoms with Crippen LogP contribution >= 0.6 is 0 Å². The van der Waals surface area contributed by atoms with Gasteiger partial charge in [-0.05, 0) is 18.2 Å². The van der Waals surface area contributed by atoms with Gasteiger partial charge < -0.3 is 4.90 Å². The molecule has 0 spiro atoms. The Balaban J connectivity index is 2.98. The molecule has 1 aromatic carbocycles. The summed E-state index contributed by atoms with van der Waals surface area (Å²) in [7, 11) is -3.26. The Morgan fingerprint density at radius 3 is 2.38 bits per heavy atom. The molecule has 0 aliphatic carbocycles. The predicted molar refractivity (Wildman–Crippen MR) is 65.4 cm³/mol. The van der Waals surface area contributed by atoms with Gasteiger partial charge in [-0.15, -0.1) is 0 Å². The molecule has 1 rings (SSSR count). The largest absolute Gasteiger partial charge is 0.390 e. The lowest BCUT2D eigenvalue weighted by Crippen LogP contribution is -2.30. The van der Waals surface area contributed by atoms with Gasteiger partial charge in [0.2, 0.25) is 10.0 Å². The van der Waals surface area contributed by atoms with Gasteiger partial charge in [-0.1, -0.05) is 0 Å². The zero-order valence-corrected chi connectivity index (χ0v) is 11.6. The topological polar surface area (TPSA) is 80.5 Å². The van der Waals surface area contributed by atoms with E-state index in [2.05, 4.69) is 0 Å². The molecule has 1 amide bonds. The van der Waals surface area contributed by atoms with Crippen molar-refractivity contribution < 1.29 is 30.8 Å². The third-order valence-electron chi connectivity index (χ3n) is 2.56. The predicted octanol–water partition coefficient (Wildman–Crippen LogP) is 1.50. The number of hydrogen-bond acceptors (Lipinski definition) is 3. The number of amides is 1. The highest BCUT2D eigenvalue weighted by Crippen LogP contribution is 2.20. The van der Waals surface area contributed by atoms with Crippen LogP contribution in [-0.4, -0.2) is 39.0 Å². The second-order valence-electron chi connectivity index (χ2n) is 4.28. The number of carbonyl (C=O) groups excluding carboxylic acids is 1. The van der Waals surface area contributed by atoms with Crippen molar-refractivity contribution in [3.63, 3.8) is 0 Å². The summed E-state index contributed by atoms with van der Waals surface area (Å²) in [6, 6.07) is 2.37. The van der Waals surface area contributed by atoms with Crippen molar-refractivity contribution in [2.75, 3.05) is 13.6 Å². The highest BCUT2D eigenvalue weighted by atomic mass is 32.2. The molecule has 0 heterocycles. The summed E-state index contributed by atoms with van der Waals surface area (Å²) < 4.78 is 71.8. The number of halogens is 4. The molecule has 0 aromatic heterocycles. The number of hydrogen-bond donors (Lipinski definition) is 1. The zero-order chi connectivity index (χ0) is 16.4. The van der Waals surface area contributed by atoms with Gasteiger partial charge in [0.05, 0.1) is 6.42 Å². The number of rotatable bonds is 4. The molecule has 0 saturated carbocycles. The van der Waals surface area contributed by atoms with E-state index in [0.29, 0.717) is 12.1 Å². The third kappa shape index (κ3) is 4.97. The fourth-order valence-electron chi connectivity index (χ4n) is 1.47. The van der Waals surface area contributed by atoms with Gasteiger partial charge in [-0.3, -0.25) is 4.79 Å². The first kappa shape index (κ1) is 17.4. The SMILES string of the molecule is CN(CCC(F)(F)F)C(=O)c1ccc(F)c(S(N)(=O)=O)c1. The van der Waals surface area contributed by atoms with Crippen LogP contribution in [-0.2, 0) is 10.0 Å². The minimum atomic E-state index is -4.43. The Hall–Kier alpha value is -1.68. The van der Waals surface area contributed by atoms with Crippen molar-refractivity contribution in [2.45, 2.75) is 17.5 Å². The lowest BCUT2D eigenvalue weighted by molar-refractivity contribution is -0.136. The van der Waals surface area contributed by atoms with Gasteiger partial charge in [-0.25, -0.2) is 17.9 Å². The molecule has 2 N–H and O–H groups in total. The first-order chi connectivity index (χ1) is 9.42. The standard InChI is InChI=1S/C11H12F4N2O3S/c1-17(5-4-11(13,14)15)10(18)7-2-3-8(12)9(6-7)21(16,19)20/h2-3,6H,4-5H2,1H3,(H2,16,19,20). The van der Waals surface area contributed by atoms with E-state index in [9.17, 15) is 30.8 Å². The Morgan fingerprint density at radius 1 is 1.33 bits per heavy atom. The van der Waals surface area contributed by atoms with Crippen molar-refractivity contribution >= 4 is 15.9 Å². The van der Waals surface area contributed by atoms with Crippen LogP contribution in [0.1, 0.15) is 16.8 Å². The van der Waals surface area contributed by atoms with Crippen LogP contribution < -0.4 is 5.14 Å². The smallest absolute Gasteiger partial charge is 0.341 e. The number of nitrogens with two attached hydrogens (primary N) is 1. The van der Waals surface area contributed by atoms with Crippen LogP contribution in [0.3, 0.4) is 0 Å². The molecule has 5 nitrogen and oxygen atoms in total. The number of sulfonamides is 1. The van der Waals surface area contributed by atoms with E-state index >= 15 is 0 Å². The Morgan fingerprint density at radius 2 is 1.90 bits per heavy atom. The Labute approximate surface area is 118 Å². The van der Waals surface area contributed by atoms with Crippen LogP contribution in [0.15, 0.2) is 23.1 Å². The Bertz CT molecular complexity index is 643. The second kappa shape index (κ2) is 5.98.